The molecule has 1 fully saturated rings. The standard InChI is InChI=1S/C15H22N4O/c1-18(2)9-11-5-4-8-19(11)10-14-17-15-12(16)6-3-7-13(15)20-14/h3,6-7,11H,4-5,8-10,16H2,1-2H3. The van der Waals surface area contributed by atoms with Gasteiger partial charge in [-0.1, -0.05) is 6.07 Å². The molecule has 1 saturated heterocycles. The van der Waals surface area contributed by atoms with Gasteiger partial charge in [0.2, 0.25) is 5.89 Å². The third-order valence-electron chi connectivity index (χ3n) is 3.91. The Morgan fingerprint density at radius 2 is 2.30 bits per heavy atom. The maximum atomic E-state index is 5.93. The summed E-state index contributed by atoms with van der Waals surface area (Å²) in [6, 6.07) is 6.28. The second-order valence-corrected chi connectivity index (χ2v) is 5.83. The van der Waals surface area contributed by atoms with E-state index in [0.29, 0.717) is 11.7 Å². The Morgan fingerprint density at radius 1 is 1.45 bits per heavy atom. The van der Waals surface area contributed by atoms with Crippen molar-refractivity contribution in [2.24, 2.45) is 0 Å². The lowest BCUT2D eigenvalue weighted by molar-refractivity contribution is 0.187. The third-order valence-corrected chi connectivity index (χ3v) is 3.91. The molecule has 2 N–H and O–H groups in total. The molecule has 1 aromatic carbocycles. The molecule has 5 heteroatoms. The summed E-state index contributed by atoms with van der Waals surface area (Å²) in [7, 11) is 4.24. The van der Waals surface area contributed by atoms with Crippen molar-refractivity contribution in [1.29, 1.82) is 0 Å². The van der Waals surface area contributed by atoms with Crippen LogP contribution in [-0.2, 0) is 6.54 Å². The van der Waals surface area contributed by atoms with Crippen molar-refractivity contribution in [2.75, 3.05) is 32.9 Å². The molecule has 0 amide bonds. The van der Waals surface area contributed by atoms with E-state index in [0.717, 1.165) is 36.6 Å². The van der Waals surface area contributed by atoms with Gasteiger partial charge in [-0.15, -0.1) is 0 Å². The Labute approximate surface area is 119 Å². The number of rotatable bonds is 4. The first-order valence-electron chi connectivity index (χ1n) is 7.16. The molecule has 1 unspecified atom stereocenters. The number of nitrogen functional groups attached to an aromatic ring is 1. The Kier molecular flexibility index (Phi) is 3.63. The van der Waals surface area contributed by atoms with Crippen molar-refractivity contribution in [3.8, 4) is 0 Å². The van der Waals surface area contributed by atoms with E-state index in [4.69, 9.17) is 10.2 Å². The van der Waals surface area contributed by atoms with Crippen LogP contribution in [-0.4, -0.2) is 48.0 Å². The van der Waals surface area contributed by atoms with Gasteiger partial charge in [-0.05, 0) is 45.6 Å². The summed E-state index contributed by atoms with van der Waals surface area (Å²) >= 11 is 0. The zero-order valence-electron chi connectivity index (χ0n) is 12.2. The van der Waals surface area contributed by atoms with E-state index in [1.54, 1.807) is 0 Å². The molecule has 0 bridgehead atoms. The highest BCUT2D eigenvalue weighted by atomic mass is 16.3. The smallest absolute Gasteiger partial charge is 0.209 e. The van der Waals surface area contributed by atoms with E-state index in [9.17, 15) is 0 Å². The van der Waals surface area contributed by atoms with Crippen molar-refractivity contribution < 1.29 is 4.42 Å². The van der Waals surface area contributed by atoms with E-state index in [-0.39, 0.29) is 0 Å². The number of para-hydroxylation sites is 1. The minimum atomic E-state index is 0.595. The Hall–Kier alpha value is -1.59. The molecule has 1 aromatic heterocycles. The summed E-state index contributed by atoms with van der Waals surface area (Å²) in [5.41, 5.74) is 8.18. The van der Waals surface area contributed by atoms with Gasteiger partial charge in [0.1, 0.15) is 5.52 Å². The summed E-state index contributed by atoms with van der Waals surface area (Å²) in [6.45, 7) is 2.97. The third kappa shape index (κ3) is 2.64. The molecule has 1 atom stereocenters. The number of likely N-dealkylation sites (N-methyl/N-ethyl adjacent to an activating group) is 1. The average Bonchev–Trinajstić information content (AvgIpc) is 2.97. The summed E-state index contributed by atoms with van der Waals surface area (Å²) in [4.78, 5) is 9.24. The molecule has 3 rings (SSSR count). The van der Waals surface area contributed by atoms with Gasteiger partial charge in [-0.3, -0.25) is 4.90 Å². The van der Waals surface area contributed by atoms with Crippen LogP contribution in [0.15, 0.2) is 22.6 Å². The van der Waals surface area contributed by atoms with Crippen LogP contribution in [0.1, 0.15) is 18.7 Å². The van der Waals surface area contributed by atoms with E-state index in [1.165, 1.54) is 12.8 Å². The lowest BCUT2D eigenvalue weighted by atomic mass is 10.2. The Balaban J connectivity index is 1.77. The lowest BCUT2D eigenvalue weighted by Crippen LogP contribution is -2.37. The molecule has 1 aliphatic heterocycles. The summed E-state index contributed by atoms with van der Waals surface area (Å²) in [6.07, 6.45) is 2.50. The highest BCUT2D eigenvalue weighted by molar-refractivity contribution is 5.85. The highest BCUT2D eigenvalue weighted by Gasteiger charge is 2.26. The zero-order chi connectivity index (χ0) is 14.1. The number of benzene rings is 1. The number of fused-ring (bicyclic) bond motifs is 1. The van der Waals surface area contributed by atoms with Crippen molar-refractivity contribution in [2.45, 2.75) is 25.4 Å². The van der Waals surface area contributed by atoms with Crippen LogP contribution in [0.2, 0.25) is 0 Å². The molecule has 2 heterocycles. The monoisotopic (exact) mass is 274 g/mol. The number of aromatic nitrogens is 1. The van der Waals surface area contributed by atoms with Crippen molar-refractivity contribution in [3.63, 3.8) is 0 Å². The summed E-state index contributed by atoms with van der Waals surface area (Å²) < 4.78 is 5.82. The SMILES string of the molecule is CN(C)CC1CCCN1Cc1nc2c(N)cccc2o1. The largest absolute Gasteiger partial charge is 0.439 e. The molecule has 0 saturated carbocycles. The minimum Gasteiger partial charge on any atom is -0.439 e. The van der Waals surface area contributed by atoms with E-state index in [1.807, 2.05) is 18.2 Å². The first-order chi connectivity index (χ1) is 9.63. The fourth-order valence-electron chi connectivity index (χ4n) is 2.99. The second kappa shape index (κ2) is 5.42. The molecule has 0 radical (unpaired) electrons. The Morgan fingerprint density at radius 3 is 3.05 bits per heavy atom. The first kappa shape index (κ1) is 13.4. The van der Waals surface area contributed by atoms with Crippen molar-refractivity contribution in [1.82, 2.24) is 14.8 Å². The van der Waals surface area contributed by atoms with Crippen LogP contribution in [0, 0.1) is 0 Å². The highest BCUT2D eigenvalue weighted by Crippen LogP contribution is 2.24. The second-order valence-electron chi connectivity index (χ2n) is 5.83. The quantitative estimate of drug-likeness (QED) is 0.863. The number of oxazole rings is 1. The van der Waals surface area contributed by atoms with Gasteiger partial charge in [-0.25, -0.2) is 4.98 Å². The molecule has 2 aromatic rings. The molecule has 0 aliphatic carbocycles. The molecule has 1 aliphatic rings. The van der Waals surface area contributed by atoms with Gasteiger partial charge in [-0.2, -0.15) is 0 Å². The van der Waals surface area contributed by atoms with Gasteiger partial charge in [0, 0.05) is 12.6 Å². The van der Waals surface area contributed by atoms with Crippen molar-refractivity contribution in [3.05, 3.63) is 24.1 Å². The zero-order valence-corrected chi connectivity index (χ0v) is 12.2. The molecule has 0 spiro atoms. The fraction of sp³-hybridized carbons (Fsp3) is 0.533. The van der Waals surface area contributed by atoms with Crippen LogP contribution >= 0.6 is 0 Å². The number of anilines is 1. The molecular formula is C15H22N4O. The summed E-state index contributed by atoms with van der Waals surface area (Å²) in [5, 5.41) is 0. The van der Waals surface area contributed by atoms with E-state index >= 15 is 0 Å². The minimum absolute atomic E-state index is 0.595. The number of hydrogen-bond donors (Lipinski definition) is 1. The maximum Gasteiger partial charge on any atom is 0.209 e. The van der Waals surface area contributed by atoms with Gasteiger partial charge in [0.15, 0.2) is 5.58 Å². The normalized spacial score (nSPS) is 20.2. The van der Waals surface area contributed by atoms with Crippen LogP contribution in [0.3, 0.4) is 0 Å². The van der Waals surface area contributed by atoms with E-state index < -0.39 is 0 Å². The van der Waals surface area contributed by atoms with Crippen LogP contribution in [0.5, 0.6) is 0 Å². The van der Waals surface area contributed by atoms with Gasteiger partial charge >= 0.3 is 0 Å². The first-order valence-corrected chi connectivity index (χ1v) is 7.16. The average molecular weight is 274 g/mol. The number of likely N-dealkylation sites (tertiary alicyclic amines) is 1. The maximum absolute atomic E-state index is 5.93. The van der Waals surface area contributed by atoms with Crippen LogP contribution < -0.4 is 5.73 Å². The van der Waals surface area contributed by atoms with Crippen molar-refractivity contribution >= 4 is 16.8 Å². The lowest BCUT2D eigenvalue weighted by Gasteiger charge is -2.25. The predicted octanol–water partition coefficient (Wildman–Crippen LogP) is 1.94. The predicted molar refractivity (Wildman–Crippen MR) is 80.4 cm³/mol. The van der Waals surface area contributed by atoms with Gasteiger partial charge in [0.25, 0.3) is 0 Å². The van der Waals surface area contributed by atoms with E-state index in [2.05, 4.69) is 28.9 Å². The Bertz CT molecular complexity index is 593. The molecule has 20 heavy (non-hydrogen) atoms. The topological polar surface area (TPSA) is 58.5 Å². The number of nitrogens with zero attached hydrogens (tertiary/aromatic N) is 3. The fourth-order valence-corrected chi connectivity index (χ4v) is 2.99. The molecule has 5 nitrogen and oxygen atoms in total. The van der Waals surface area contributed by atoms with Gasteiger partial charge in [0.05, 0.1) is 12.2 Å². The van der Waals surface area contributed by atoms with Crippen LogP contribution in [0.4, 0.5) is 5.69 Å². The number of nitrogens with two attached hydrogens (primary N) is 1. The van der Waals surface area contributed by atoms with Crippen LogP contribution in [0.25, 0.3) is 11.1 Å². The summed E-state index contributed by atoms with van der Waals surface area (Å²) in [5.74, 6) is 0.767. The van der Waals surface area contributed by atoms with Gasteiger partial charge < -0.3 is 15.1 Å². The molecule has 108 valence electrons. The number of hydrogen-bond acceptors (Lipinski definition) is 5. The molecular weight excluding hydrogens is 252 g/mol.